The molecule has 17 nitrogen and oxygen atoms in total. The van der Waals surface area contributed by atoms with Gasteiger partial charge >= 0.3 is 12.2 Å². The summed E-state index contributed by atoms with van der Waals surface area (Å²) in [4.78, 5) is 73.4. The smallest absolute Gasteiger partial charge is 0.407 e. The van der Waals surface area contributed by atoms with E-state index < -0.39 is 24.3 Å². The van der Waals surface area contributed by atoms with Crippen molar-refractivity contribution in [3.63, 3.8) is 0 Å². The van der Waals surface area contributed by atoms with Gasteiger partial charge in [-0.25, -0.2) is 19.6 Å². The van der Waals surface area contributed by atoms with Crippen LogP contribution >= 0.6 is 0 Å². The molecule has 5 fully saturated rings. The summed E-state index contributed by atoms with van der Waals surface area (Å²) >= 11 is 0. The number of hydrogen-bond acceptors (Lipinski definition) is 11. The van der Waals surface area contributed by atoms with Crippen molar-refractivity contribution in [2.45, 2.75) is 94.5 Å². The van der Waals surface area contributed by atoms with Crippen LogP contribution in [0.2, 0.25) is 0 Å². The lowest BCUT2D eigenvalue weighted by molar-refractivity contribution is -0.139. The molecule has 5 aliphatic rings. The Labute approximate surface area is 371 Å². The van der Waals surface area contributed by atoms with E-state index in [0.717, 1.165) is 53.6 Å². The molecule has 0 spiro atoms. The summed E-state index contributed by atoms with van der Waals surface area (Å²) in [7, 11) is 2.60. The molecule has 7 atom stereocenters. The average molecular weight is 874 g/mol. The molecule has 9 rings (SSSR count). The summed E-state index contributed by atoms with van der Waals surface area (Å²) in [5.41, 5.74) is 5.39. The molecule has 2 unspecified atom stereocenters. The molecule has 1 aliphatic carbocycles. The third-order valence-electron chi connectivity index (χ3n) is 14.0. The normalized spacial score (nSPS) is 24.3. The molecule has 0 radical (unpaired) electrons. The Morgan fingerprint density at radius 3 is 1.83 bits per heavy atom. The van der Waals surface area contributed by atoms with E-state index in [0.29, 0.717) is 75.4 Å². The first-order chi connectivity index (χ1) is 31.1. The van der Waals surface area contributed by atoms with Crippen LogP contribution in [-0.2, 0) is 28.5 Å². The summed E-state index contributed by atoms with van der Waals surface area (Å²) in [6.07, 6.45) is 6.39. The number of nitrogens with one attached hydrogen (secondary N) is 4. The van der Waals surface area contributed by atoms with Crippen molar-refractivity contribution < 1.29 is 38.1 Å². The van der Waals surface area contributed by atoms with E-state index in [1.807, 2.05) is 65.3 Å². The summed E-state index contributed by atoms with van der Waals surface area (Å²) < 4.78 is 20.9. The lowest BCUT2D eigenvalue weighted by Gasteiger charge is -2.36. The molecule has 4 N–H and O–H groups in total. The second-order valence-electron chi connectivity index (χ2n) is 17.7. The third-order valence-corrected chi connectivity index (χ3v) is 14.0. The fourth-order valence-corrected chi connectivity index (χ4v) is 10.4. The topological polar surface area (TPSA) is 217 Å². The van der Waals surface area contributed by atoms with Gasteiger partial charge in [-0.3, -0.25) is 9.59 Å². The minimum atomic E-state index is -0.745. The fourth-order valence-electron chi connectivity index (χ4n) is 10.4. The number of carbonyl (C=O) groups excluding carboxylic acids is 4. The average Bonchev–Trinajstić information content (AvgIpc) is 3.77. The zero-order valence-electron chi connectivity index (χ0n) is 36.4. The Hall–Kier alpha value is -6.25. The number of piperidine rings is 1. The highest BCUT2D eigenvalue weighted by Gasteiger charge is 2.57. The van der Waals surface area contributed by atoms with Gasteiger partial charge in [0.25, 0.3) is 0 Å². The second-order valence-corrected chi connectivity index (χ2v) is 17.7. The molecule has 4 saturated heterocycles. The van der Waals surface area contributed by atoms with Gasteiger partial charge in [-0.05, 0) is 92.7 Å². The van der Waals surface area contributed by atoms with Gasteiger partial charge in [0.15, 0.2) is 5.69 Å². The first-order valence-electron chi connectivity index (χ1n) is 22.4. The van der Waals surface area contributed by atoms with Crippen LogP contribution in [0.1, 0.15) is 87.7 Å². The molecule has 17 heteroatoms. The molecule has 6 heterocycles. The van der Waals surface area contributed by atoms with E-state index in [4.69, 9.17) is 28.9 Å². The van der Waals surface area contributed by atoms with Crippen molar-refractivity contribution in [2.24, 2.45) is 17.8 Å². The molecule has 64 heavy (non-hydrogen) atoms. The van der Waals surface area contributed by atoms with Gasteiger partial charge in [0, 0.05) is 44.1 Å². The van der Waals surface area contributed by atoms with Crippen LogP contribution in [0.3, 0.4) is 0 Å². The van der Waals surface area contributed by atoms with Gasteiger partial charge < -0.3 is 49.3 Å². The summed E-state index contributed by atoms with van der Waals surface area (Å²) in [5.74, 6) is 1.19. The quantitative estimate of drug-likeness (QED) is 0.137. The molecular formula is C47H55N9O8. The van der Waals surface area contributed by atoms with Crippen LogP contribution in [0.5, 0.6) is 0 Å². The zero-order chi connectivity index (χ0) is 44.5. The molecule has 2 aromatic heterocycles. The molecule has 1 saturated carbocycles. The van der Waals surface area contributed by atoms with E-state index in [2.05, 4.69) is 26.7 Å². The maximum Gasteiger partial charge on any atom is 0.407 e. The number of aromatic amines is 2. The van der Waals surface area contributed by atoms with E-state index in [1.165, 1.54) is 14.2 Å². The summed E-state index contributed by atoms with van der Waals surface area (Å²) in [5, 5.41) is 15.8. The predicted octanol–water partition coefficient (Wildman–Crippen LogP) is 6.02. The Morgan fingerprint density at radius 2 is 1.27 bits per heavy atom. The standard InChI is InChI=1S/C47H55N9O8/c1-26-4-13-36(55(26)44(57)40(53-46(59)61-2)31-14-18-63-19-15-31)42-49-25-35(51-42)29-9-5-27(6-10-29)28-7-11-30(12-8-28)39-34(24-48)50-43(52-39)38-23-33-22-37(33)56(38)45(58)41(54-47(60)62-3)32-16-20-64-21-17-32/h5-12,25-26,31-33,36-38,40-41H,4,13-23H2,1-3H3,(H,49,51)(H,50,52)(H,53,59)(H,54,60)/t26-,33?,36+,37?,38+,40+,41+/m1/s1. The number of methoxy groups -OCH3 is 2. The van der Waals surface area contributed by atoms with Crippen LogP contribution in [0.4, 0.5) is 9.59 Å². The number of nitrogens with zero attached hydrogens (tertiary/aromatic N) is 5. The van der Waals surface area contributed by atoms with Crippen LogP contribution in [0.15, 0.2) is 54.7 Å². The largest absolute Gasteiger partial charge is 0.453 e. The number of likely N-dealkylation sites (tertiary alicyclic amines) is 2. The molecule has 4 amide bonds. The van der Waals surface area contributed by atoms with Gasteiger partial charge in [0.05, 0.1) is 43.9 Å². The van der Waals surface area contributed by atoms with Crippen LogP contribution in [0.25, 0.3) is 33.6 Å². The maximum atomic E-state index is 14.3. The highest BCUT2D eigenvalue weighted by Crippen LogP contribution is 2.54. The fraction of sp³-hybridized carbons (Fsp3) is 0.511. The number of fused-ring (bicyclic) bond motifs is 1. The Morgan fingerprint density at radius 1 is 0.719 bits per heavy atom. The number of aromatic nitrogens is 4. The minimum absolute atomic E-state index is 0.0299. The van der Waals surface area contributed by atoms with E-state index >= 15 is 0 Å². The molecule has 336 valence electrons. The number of nitriles is 1. The van der Waals surface area contributed by atoms with E-state index in [1.54, 1.807) is 6.20 Å². The maximum absolute atomic E-state index is 14.3. The number of ether oxygens (including phenoxy) is 4. The number of hydrogen-bond donors (Lipinski definition) is 4. The first kappa shape index (κ1) is 43.0. The molecule has 0 bridgehead atoms. The van der Waals surface area contributed by atoms with Crippen molar-refractivity contribution in [1.29, 1.82) is 5.26 Å². The third kappa shape index (κ3) is 8.56. The van der Waals surface area contributed by atoms with Gasteiger partial charge in [-0.2, -0.15) is 5.26 Å². The molecular weight excluding hydrogens is 819 g/mol. The number of imidazole rings is 2. The Kier molecular flexibility index (Phi) is 12.4. The lowest BCUT2D eigenvalue weighted by Crippen LogP contribution is -2.54. The van der Waals surface area contributed by atoms with Crippen molar-refractivity contribution in [2.75, 3.05) is 40.6 Å². The number of H-pyrrole nitrogens is 2. The molecule has 4 aliphatic heterocycles. The SMILES string of the molecule is COC(=O)N[C@H](C(=O)N1C2CC2C[C@H]1c1nc(C#N)c(-c2ccc(-c3ccc(-c4cnc([C@@H]5CC[C@@H](C)N5C(=O)[C@@H](NC(=O)OC)C5CCOCC5)[nH]4)cc3)cc2)[nH]1)C1CCOCC1. The van der Waals surface area contributed by atoms with Gasteiger partial charge in [0.1, 0.15) is 29.8 Å². The van der Waals surface area contributed by atoms with E-state index in [9.17, 15) is 24.4 Å². The first-order valence-corrected chi connectivity index (χ1v) is 22.4. The number of amides is 4. The summed E-state index contributed by atoms with van der Waals surface area (Å²) in [6.45, 7) is 4.18. The van der Waals surface area contributed by atoms with Crippen molar-refractivity contribution >= 4 is 24.0 Å². The zero-order valence-corrected chi connectivity index (χ0v) is 36.4. The van der Waals surface area contributed by atoms with Crippen molar-refractivity contribution in [3.05, 3.63) is 72.1 Å². The predicted molar refractivity (Wildman–Crippen MR) is 232 cm³/mol. The number of benzene rings is 2. The Balaban J connectivity index is 0.887. The minimum Gasteiger partial charge on any atom is -0.453 e. The number of alkyl carbamates (subject to hydrolysis) is 2. The van der Waals surface area contributed by atoms with Crippen molar-refractivity contribution in [1.82, 2.24) is 40.4 Å². The molecule has 4 aromatic rings. The van der Waals surface area contributed by atoms with Crippen molar-refractivity contribution in [3.8, 4) is 39.7 Å². The monoisotopic (exact) mass is 873 g/mol. The van der Waals surface area contributed by atoms with Gasteiger partial charge in [-0.15, -0.1) is 0 Å². The lowest BCUT2D eigenvalue weighted by atomic mass is 9.90. The highest BCUT2D eigenvalue weighted by atomic mass is 16.5. The van der Waals surface area contributed by atoms with Crippen LogP contribution in [-0.4, -0.2) is 119 Å². The highest BCUT2D eigenvalue weighted by molar-refractivity contribution is 5.88. The van der Waals surface area contributed by atoms with Gasteiger partial charge in [-0.1, -0.05) is 48.5 Å². The number of carbonyl (C=O) groups is 4. The van der Waals surface area contributed by atoms with Gasteiger partial charge in [0.2, 0.25) is 11.8 Å². The van der Waals surface area contributed by atoms with Crippen LogP contribution in [0, 0.1) is 29.1 Å². The van der Waals surface area contributed by atoms with E-state index in [-0.39, 0.29) is 53.5 Å². The number of rotatable bonds is 11. The van der Waals surface area contributed by atoms with Crippen LogP contribution < -0.4 is 10.6 Å². The second kappa shape index (κ2) is 18.5. The summed E-state index contributed by atoms with van der Waals surface area (Å²) in [6, 6.07) is 16.3. The molecule has 2 aromatic carbocycles. The Bertz CT molecular complexity index is 2380.